The van der Waals surface area contributed by atoms with Crippen molar-refractivity contribution in [3.8, 4) is 0 Å². The Morgan fingerprint density at radius 3 is 2.44 bits per heavy atom. The fourth-order valence-electron chi connectivity index (χ4n) is 3.36. The van der Waals surface area contributed by atoms with Crippen molar-refractivity contribution in [1.29, 1.82) is 0 Å². The van der Waals surface area contributed by atoms with Gasteiger partial charge < -0.3 is 14.5 Å². The summed E-state index contributed by atoms with van der Waals surface area (Å²) in [5.41, 5.74) is 1.90. The molecule has 0 aromatic heterocycles. The first kappa shape index (κ1) is 17.5. The summed E-state index contributed by atoms with van der Waals surface area (Å²) in [6.45, 7) is 5.33. The van der Waals surface area contributed by atoms with Gasteiger partial charge >= 0.3 is 5.97 Å². The van der Waals surface area contributed by atoms with Crippen molar-refractivity contribution >= 4 is 23.5 Å². The van der Waals surface area contributed by atoms with Gasteiger partial charge in [-0.05, 0) is 38.8 Å². The lowest BCUT2D eigenvalue weighted by Gasteiger charge is -2.21. The Balaban J connectivity index is 1.58. The molecule has 0 N–H and O–H groups in total. The van der Waals surface area contributed by atoms with Crippen molar-refractivity contribution in [1.82, 2.24) is 4.90 Å². The topological polar surface area (TPSA) is 66.9 Å². The van der Waals surface area contributed by atoms with E-state index >= 15 is 0 Å². The molecule has 0 spiro atoms. The highest BCUT2D eigenvalue weighted by atomic mass is 16.5. The predicted octanol–water partition coefficient (Wildman–Crippen LogP) is 1.90. The quantitative estimate of drug-likeness (QED) is 0.783. The number of amides is 2. The van der Waals surface area contributed by atoms with Gasteiger partial charge in [-0.1, -0.05) is 17.7 Å². The van der Waals surface area contributed by atoms with Gasteiger partial charge in [0.05, 0.1) is 5.92 Å². The second-order valence-electron chi connectivity index (χ2n) is 6.85. The van der Waals surface area contributed by atoms with Crippen LogP contribution in [0.2, 0.25) is 0 Å². The van der Waals surface area contributed by atoms with Gasteiger partial charge in [0.25, 0.3) is 5.91 Å². The SMILES string of the molecule is Cc1ccc(N2CC(C(=O)OC(C)C(=O)N3CCCC3)CC2=O)cc1. The Kier molecular flexibility index (Phi) is 5.06. The Morgan fingerprint density at radius 1 is 1.16 bits per heavy atom. The summed E-state index contributed by atoms with van der Waals surface area (Å²) >= 11 is 0. The third kappa shape index (κ3) is 3.83. The molecule has 2 heterocycles. The minimum atomic E-state index is -0.797. The molecule has 1 aromatic rings. The second-order valence-corrected chi connectivity index (χ2v) is 6.85. The van der Waals surface area contributed by atoms with Crippen molar-refractivity contribution in [2.75, 3.05) is 24.5 Å². The molecule has 2 unspecified atom stereocenters. The molecule has 2 atom stereocenters. The fraction of sp³-hybridized carbons (Fsp3) is 0.526. The van der Waals surface area contributed by atoms with Crippen molar-refractivity contribution in [2.45, 2.75) is 39.2 Å². The van der Waals surface area contributed by atoms with E-state index in [2.05, 4.69) is 0 Å². The maximum absolute atomic E-state index is 12.4. The third-order valence-electron chi connectivity index (χ3n) is 4.86. The Hall–Kier alpha value is -2.37. The smallest absolute Gasteiger partial charge is 0.312 e. The van der Waals surface area contributed by atoms with Crippen LogP contribution in [0.1, 0.15) is 31.7 Å². The molecule has 2 aliphatic heterocycles. The van der Waals surface area contributed by atoms with Gasteiger partial charge in [-0.2, -0.15) is 0 Å². The van der Waals surface area contributed by atoms with Crippen LogP contribution in [-0.2, 0) is 19.1 Å². The maximum atomic E-state index is 12.4. The molecule has 2 saturated heterocycles. The number of hydrogen-bond donors (Lipinski definition) is 0. The molecule has 0 saturated carbocycles. The van der Waals surface area contributed by atoms with Crippen LogP contribution in [0.15, 0.2) is 24.3 Å². The Labute approximate surface area is 147 Å². The van der Waals surface area contributed by atoms with Crippen molar-refractivity contribution in [2.24, 2.45) is 5.92 Å². The molecule has 0 aliphatic carbocycles. The molecule has 1 aromatic carbocycles. The van der Waals surface area contributed by atoms with Crippen LogP contribution < -0.4 is 4.90 Å². The van der Waals surface area contributed by atoms with Gasteiger partial charge in [0.15, 0.2) is 6.10 Å². The van der Waals surface area contributed by atoms with Gasteiger partial charge in [0, 0.05) is 31.7 Å². The molecular weight excluding hydrogens is 320 g/mol. The average molecular weight is 344 g/mol. The summed E-state index contributed by atoms with van der Waals surface area (Å²) in [7, 11) is 0. The first-order chi connectivity index (χ1) is 12.0. The number of hydrogen-bond acceptors (Lipinski definition) is 4. The van der Waals surface area contributed by atoms with Crippen molar-refractivity contribution in [3.63, 3.8) is 0 Å². The van der Waals surface area contributed by atoms with Crippen LogP contribution >= 0.6 is 0 Å². The number of carbonyl (C=O) groups is 3. The zero-order chi connectivity index (χ0) is 18.0. The molecule has 0 radical (unpaired) electrons. The van der Waals surface area contributed by atoms with Crippen LogP contribution in [0.5, 0.6) is 0 Å². The van der Waals surface area contributed by atoms with E-state index < -0.39 is 18.0 Å². The van der Waals surface area contributed by atoms with E-state index in [4.69, 9.17) is 4.74 Å². The van der Waals surface area contributed by atoms with Gasteiger partial charge in [-0.15, -0.1) is 0 Å². The number of likely N-dealkylation sites (tertiary alicyclic amines) is 1. The van der Waals surface area contributed by atoms with Crippen LogP contribution in [0.25, 0.3) is 0 Å². The lowest BCUT2D eigenvalue weighted by atomic mass is 10.1. The largest absolute Gasteiger partial charge is 0.452 e. The summed E-state index contributed by atoms with van der Waals surface area (Å²) in [6.07, 6.45) is 1.32. The summed E-state index contributed by atoms with van der Waals surface area (Å²) < 4.78 is 5.35. The van der Waals surface area contributed by atoms with Gasteiger partial charge in [-0.25, -0.2) is 0 Å². The first-order valence-corrected chi connectivity index (χ1v) is 8.82. The number of rotatable bonds is 4. The van der Waals surface area contributed by atoms with Crippen LogP contribution in [0.3, 0.4) is 0 Å². The van der Waals surface area contributed by atoms with E-state index in [1.165, 1.54) is 0 Å². The van der Waals surface area contributed by atoms with Crippen LogP contribution in [-0.4, -0.2) is 48.4 Å². The molecular formula is C19H24N2O4. The number of ether oxygens (including phenoxy) is 1. The highest BCUT2D eigenvalue weighted by Gasteiger charge is 2.37. The lowest BCUT2D eigenvalue weighted by Crippen LogP contribution is -2.39. The van der Waals surface area contributed by atoms with Gasteiger partial charge in [0.1, 0.15) is 0 Å². The molecule has 6 heteroatoms. The summed E-state index contributed by atoms with van der Waals surface area (Å²) in [5.74, 6) is -1.24. The summed E-state index contributed by atoms with van der Waals surface area (Å²) in [6, 6.07) is 7.62. The predicted molar refractivity (Wildman–Crippen MR) is 93.0 cm³/mol. The Bertz CT molecular complexity index is 665. The minimum absolute atomic E-state index is 0.0932. The first-order valence-electron chi connectivity index (χ1n) is 8.82. The van der Waals surface area contributed by atoms with E-state index in [1.54, 1.807) is 16.7 Å². The van der Waals surface area contributed by atoms with E-state index in [-0.39, 0.29) is 18.2 Å². The monoisotopic (exact) mass is 344 g/mol. The standard InChI is InChI=1S/C19H24N2O4/c1-13-5-7-16(8-6-13)21-12-15(11-17(21)22)19(24)25-14(2)18(23)20-9-3-4-10-20/h5-8,14-15H,3-4,9-12H2,1-2H3. The Morgan fingerprint density at radius 2 is 1.80 bits per heavy atom. The highest BCUT2D eigenvalue weighted by Crippen LogP contribution is 2.26. The lowest BCUT2D eigenvalue weighted by molar-refractivity contribution is -0.161. The zero-order valence-electron chi connectivity index (χ0n) is 14.7. The average Bonchev–Trinajstić information content (AvgIpc) is 3.24. The number of carbonyl (C=O) groups excluding carboxylic acids is 3. The normalized spacial score (nSPS) is 21.5. The van der Waals surface area contributed by atoms with Gasteiger partial charge in [-0.3, -0.25) is 14.4 Å². The molecule has 2 amide bonds. The summed E-state index contributed by atoms with van der Waals surface area (Å²) in [4.78, 5) is 40.2. The van der Waals surface area contributed by atoms with Crippen LogP contribution in [0.4, 0.5) is 5.69 Å². The second kappa shape index (κ2) is 7.25. The van der Waals surface area contributed by atoms with E-state index in [0.717, 1.165) is 37.2 Å². The van der Waals surface area contributed by atoms with E-state index in [0.29, 0.717) is 6.54 Å². The van der Waals surface area contributed by atoms with Crippen LogP contribution in [0, 0.1) is 12.8 Å². The molecule has 6 nitrogen and oxygen atoms in total. The minimum Gasteiger partial charge on any atom is -0.452 e. The zero-order valence-corrected chi connectivity index (χ0v) is 14.7. The molecule has 25 heavy (non-hydrogen) atoms. The number of benzene rings is 1. The number of nitrogens with zero attached hydrogens (tertiary/aromatic N) is 2. The number of anilines is 1. The molecule has 2 aliphatic rings. The summed E-state index contributed by atoms with van der Waals surface area (Å²) in [5, 5.41) is 0. The van der Waals surface area contributed by atoms with Crippen molar-refractivity contribution < 1.29 is 19.1 Å². The highest BCUT2D eigenvalue weighted by molar-refractivity contribution is 5.99. The third-order valence-corrected chi connectivity index (χ3v) is 4.86. The van der Waals surface area contributed by atoms with Gasteiger partial charge in [0.2, 0.25) is 5.91 Å². The molecule has 2 fully saturated rings. The maximum Gasteiger partial charge on any atom is 0.312 e. The molecule has 134 valence electrons. The molecule has 3 rings (SSSR count). The fourth-order valence-corrected chi connectivity index (χ4v) is 3.36. The number of esters is 1. The molecule has 0 bridgehead atoms. The van der Waals surface area contributed by atoms with E-state index in [1.807, 2.05) is 31.2 Å². The van der Waals surface area contributed by atoms with Crippen molar-refractivity contribution in [3.05, 3.63) is 29.8 Å². The number of aryl methyl sites for hydroxylation is 1. The van der Waals surface area contributed by atoms with E-state index in [9.17, 15) is 14.4 Å².